The number of hydrogen-bond acceptors (Lipinski definition) is 2. The van der Waals surface area contributed by atoms with Crippen molar-refractivity contribution in [2.75, 3.05) is 0 Å². The standard InChI is InChI=1S/C18H38N2Si4/c1-11-15-16(12-2)20(24(9,10)22-6)18(14-4)17(13-3)19(15)23(7,8)21-5/h11-14H2,1-10H3. The molecule has 0 spiro atoms. The van der Waals surface area contributed by atoms with E-state index in [1.165, 1.54) is 25.7 Å². The molecule has 1 aliphatic rings. The topological polar surface area (TPSA) is 6.48 Å². The molecule has 1 aliphatic heterocycles. The lowest BCUT2D eigenvalue weighted by Crippen LogP contribution is -2.59. The largest absolute Gasteiger partial charge is 0.376 e. The zero-order valence-corrected chi connectivity index (χ0v) is 21.7. The Balaban J connectivity index is 3.77. The first-order valence-electron chi connectivity index (χ1n) is 9.58. The Hall–Kier alpha value is -0.0525. The van der Waals surface area contributed by atoms with E-state index in [-0.39, 0.29) is 0 Å². The molecule has 1 heterocycles. The molecule has 0 aliphatic carbocycles. The van der Waals surface area contributed by atoms with Crippen molar-refractivity contribution in [2.24, 2.45) is 0 Å². The summed E-state index contributed by atoms with van der Waals surface area (Å²) in [5.74, 6) is 0. The molecule has 0 fully saturated rings. The van der Waals surface area contributed by atoms with E-state index in [0.717, 1.165) is 18.1 Å². The van der Waals surface area contributed by atoms with Crippen LogP contribution in [0.3, 0.4) is 0 Å². The van der Waals surface area contributed by atoms with Crippen molar-refractivity contribution in [3.8, 4) is 0 Å². The maximum absolute atomic E-state index is 2.88. The van der Waals surface area contributed by atoms with Gasteiger partial charge in [-0.1, -0.05) is 67.0 Å². The molecule has 24 heavy (non-hydrogen) atoms. The predicted molar refractivity (Wildman–Crippen MR) is 117 cm³/mol. The molecule has 0 unspecified atom stereocenters. The molecule has 0 aromatic heterocycles. The minimum atomic E-state index is -1.42. The van der Waals surface area contributed by atoms with Crippen molar-refractivity contribution in [1.82, 2.24) is 9.13 Å². The van der Waals surface area contributed by atoms with Gasteiger partial charge in [0.2, 0.25) is 0 Å². The molecule has 0 saturated carbocycles. The number of rotatable bonds is 8. The normalized spacial score (nSPS) is 17.2. The minimum absolute atomic E-state index is 1.05. The van der Waals surface area contributed by atoms with E-state index in [1.54, 1.807) is 22.8 Å². The van der Waals surface area contributed by atoms with E-state index < -0.39 is 15.5 Å². The molecule has 2 nitrogen and oxygen atoms in total. The molecule has 0 atom stereocenters. The minimum Gasteiger partial charge on any atom is -0.376 e. The first-order valence-corrected chi connectivity index (χ1v) is 20.5. The van der Waals surface area contributed by atoms with Crippen LogP contribution < -0.4 is 0 Å². The molecule has 0 bridgehead atoms. The lowest BCUT2D eigenvalue weighted by atomic mass is 10.1. The SMILES string of the molecule is CCC1=C(CC)N([Si](C)(C)[Si]C)C(CC)=C(CC)N1[Si](C)(C)[Si]C. The molecule has 0 amide bonds. The monoisotopic (exact) mass is 394 g/mol. The van der Waals surface area contributed by atoms with Crippen LogP contribution in [-0.2, 0) is 0 Å². The van der Waals surface area contributed by atoms with E-state index in [0.29, 0.717) is 0 Å². The van der Waals surface area contributed by atoms with Gasteiger partial charge in [-0.3, -0.25) is 0 Å². The Morgan fingerprint density at radius 3 is 0.917 bits per heavy atom. The summed E-state index contributed by atoms with van der Waals surface area (Å²) in [5, 5.41) is 0. The van der Waals surface area contributed by atoms with Gasteiger partial charge in [-0.15, -0.1) is 0 Å². The van der Waals surface area contributed by atoms with E-state index in [1.807, 2.05) is 0 Å². The maximum atomic E-state index is 2.88. The van der Waals surface area contributed by atoms with Crippen LogP contribution in [0.25, 0.3) is 0 Å². The predicted octanol–water partition coefficient (Wildman–Crippen LogP) is 5.58. The third kappa shape index (κ3) is 3.86. The van der Waals surface area contributed by atoms with Gasteiger partial charge in [0.25, 0.3) is 0 Å². The molecule has 0 N–H and O–H groups in total. The zero-order valence-electron chi connectivity index (χ0n) is 17.7. The molecule has 136 valence electrons. The average Bonchev–Trinajstić information content (AvgIpc) is 2.58. The van der Waals surface area contributed by atoms with Crippen molar-refractivity contribution < 1.29 is 0 Å². The Morgan fingerprint density at radius 2 is 0.792 bits per heavy atom. The van der Waals surface area contributed by atoms with Gasteiger partial charge in [0.05, 0.1) is 18.1 Å². The van der Waals surface area contributed by atoms with E-state index in [2.05, 4.69) is 76.1 Å². The summed E-state index contributed by atoms with van der Waals surface area (Å²) in [6.45, 7) is 24.6. The van der Waals surface area contributed by atoms with Crippen LogP contribution in [0.5, 0.6) is 0 Å². The first kappa shape index (κ1) is 22.0. The number of hydrogen-bond donors (Lipinski definition) is 0. The lowest BCUT2D eigenvalue weighted by molar-refractivity contribution is 0.445. The third-order valence-corrected chi connectivity index (χ3v) is 19.9. The third-order valence-electron chi connectivity index (χ3n) is 5.43. The molecule has 0 aromatic carbocycles. The van der Waals surface area contributed by atoms with E-state index in [4.69, 9.17) is 0 Å². The van der Waals surface area contributed by atoms with Crippen LogP contribution in [0.4, 0.5) is 0 Å². The second-order valence-corrected chi connectivity index (χ2v) is 26.0. The van der Waals surface area contributed by atoms with Crippen LogP contribution in [0.1, 0.15) is 53.4 Å². The van der Waals surface area contributed by atoms with Crippen molar-refractivity contribution >= 4 is 33.6 Å². The second-order valence-electron chi connectivity index (χ2n) is 7.49. The maximum Gasteiger partial charge on any atom is 0.138 e. The summed E-state index contributed by atoms with van der Waals surface area (Å²) in [4.78, 5) is 0. The van der Waals surface area contributed by atoms with Crippen molar-refractivity contribution in [3.05, 3.63) is 22.8 Å². The van der Waals surface area contributed by atoms with Gasteiger partial charge in [-0.05, 0) is 25.7 Å². The highest BCUT2D eigenvalue weighted by Crippen LogP contribution is 2.42. The summed E-state index contributed by atoms with van der Waals surface area (Å²) >= 11 is 0. The summed E-state index contributed by atoms with van der Waals surface area (Å²) in [7, 11) is -0.755. The highest BCUT2D eigenvalue weighted by molar-refractivity contribution is 7.22. The van der Waals surface area contributed by atoms with Gasteiger partial charge in [-0.25, -0.2) is 0 Å². The molecule has 0 aromatic rings. The Labute approximate surface area is 158 Å². The van der Waals surface area contributed by atoms with E-state index in [9.17, 15) is 0 Å². The summed E-state index contributed by atoms with van der Waals surface area (Å²) < 4.78 is 5.76. The Morgan fingerprint density at radius 1 is 0.583 bits per heavy atom. The zero-order chi connectivity index (χ0) is 18.7. The Kier molecular flexibility index (Phi) is 7.84. The van der Waals surface area contributed by atoms with Crippen LogP contribution >= 0.6 is 0 Å². The van der Waals surface area contributed by atoms with Crippen molar-refractivity contribution in [2.45, 2.75) is 92.7 Å². The van der Waals surface area contributed by atoms with Crippen LogP contribution in [0.15, 0.2) is 22.8 Å². The van der Waals surface area contributed by atoms with Gasteiger partial charge in [0.1, 0.15) is 15.5 Å². The Bertz CT molecular complexity index is 435. The number of allylic oxidation sites excluding steroid dienone is 4. The lowest BCUT2D eigenvalue weighted by Gasteiger charge is -2.53. The highest BCUT2D eigenvalue weighted by atomic mass is 29.2. The molecular formula is C18H38N2Si4. The first-order chi connectivity index (χ1) is 11.2. The molecule has 4 radical (unpaired) electrons. The quantitative estimate of drug-likeness (QED) is 0.496. The fraction of sp³-hybridized carbons (Fsp3) is 0.778. The molecule has 6 heteroatoms. The highest BCUT2D eigenvalue weighted by Gasteiger charge is 2.42. The summed E-state index contributed by atoms with van der Waals surface area (Å²) in [6.07, 6.45) is 4.66. The smallest absolute Gasteiger partial charge is 0.138 e. The number of nitrogens with zero attached hydrogens (tertiary/aromatic N) is 2. The average molecular weight is 395 g/mol. The summed E-state index contributed by atoms with van der Waals surface area (Å²) in [5.41, 5.74) is 6.60. The molecule has 1 rings (SSSR count). The molecular weight excluding hydrogens is 357 g/mol. The van der Waals surface area contributed by atoms with Gasteiger partial charge >= 0.3 is 0 Å². The fourth-order valence-corrected chi connectivity index (χ4v) is 11.1. The van der Waals surface area contributed by atoms with Gasteiger partial charge < -0.3 is 9.13 Å². The van der Waals surface area contributed by atoms with E-state index >= 15 is 0 Å². The van der Waals surface area contributed by atoms with Gasteiger partial charge in [0, 0.05) is 22.8 Å². The summed E-state index contributed by atoms with van der Waals surface area (Å²) in [6, 6.07) is 0. The second kappa shape index (κ2) is 8.55. The molecule has 0 saturated heterocycles. The van der Waals surface area contributed by atoms with Crippen LogP contribution in [0.2, 0.25) is 39.3 Å². The van der Waals surface area contributed by atoms with Gasteiger partial charge in [0.15, 0.2) is 0 Å². The van der Waals surface area contributed by atoms with Crippen LogP contribution in [0, 0.1) is 0 Å². The van der Waals surface area contributed by atoms with Crippen molar-refractivity contribution in [1.29, 1.82) is 0 Å². The fourth-order valence-electron chi connectivity index (χ4n) is 3.86. The van der Waals surface area contributed by atoms with Crippen molar-refractivity contribution in [3.63, 3.8) is 0 Å². The van der Waals surface area contributed by atoms with Crippen LogP contribution in [-0.4, -0.2) is 42.7 Å². The van der Waals surface area contributed by atoms with Gasteiger partial charge in [-0.2, -0.15) is 0 Å².